The van der Waals surface area contributed by atoms with Gasteiger partial charge in [0.2, 0.25) is 11.8 Å². The third-order valence-corrected chi connectivity index (χ3v) is 5.92. The van der Waals surface area contributed by atoms with Crippen LogP contribution in [0.5, 0.6) is 11.6 Å². The van der Waals surface area contributed by atoms with Gasteiger partial charge in [0.25, 0.3) is 5.91 Å². The topological polar surface area (TPSA) is 74.9 Å². The fraction of sp³-hybridized carbons (Fsp3) is 0.348. The molecule has 0 aliphatic carbocycles. The number of furan rings is 1. The number of hydrogen-bond donors (Lipinski definition) is 0. The van der Waals surface area contributed by atoms with Crippen molar-refractivity contribution in [2.45, 2.75) is 13.0 Å². The molecule has 0 atom stereocenters. The molecular formula is C23H23F2N5O3. The number of piperazine rings is 1. The summed E-state index contributed by atoms with van der Waals surface area (Å²) >= 11 is 0. The van der Waals surface area contributed by atoms with Gasteiger partial charge in [0.1, 0.15) is 5.75 Å². The van der Waals surface area contributed by atoms with Gasteiger partial charge in [-0.1, -0.05) is 0 Å². The van der Waals surface area contributed by atoms with Crippen LogP contribution < -0.4 is 9.64 Å². The highest BCUT2D eigenvalue weighted by atomic mass is 19.2. The molecule has 33 heavy (non-hydrogen) atoms. The molecule has 3 aromatic rings. The van der Waals surface area contributed by atoms with Crippen LogP contribution in [0, 0.1) is 11.6 Å². The predicted octanol–water partition coefficient (Wildman–Crippen LogP) is 3.09. The van der Waals surface area contributed by atoms with Crippen LogP contribution in [-0.4, -0.2) is 65.4 Å². The zero-order valence-electron chi connectivity index (χ0n) is 18.1. The molecule has 2 aliphatic rings. The summed E-state index contributed by atoms with van der Waals surface area (Å²) in [6, 6.07) is 6.61. The van der Waals surface area contributed by atoms with Crippen molar-refractivity contribution in [2.24, 2.45) is 0 Å². The maximum Gasteiger partial charge on any atom is 0.289 e. The Labute approximate surface area is 189 Å². The molecule has 0 radical (unpaired) electrons. The van der Waals surface area contributed by atoms with Gasteiger partial charge < -0.3 is 23.9 Å². The van der Waals surface area contributed by atoms with Gasteiger partial charge in [0.15, 0.2) is 17.4 Å². The van der Waals surface area contributed by atoms with Gasteiger partial charge in [-0.25, -0.2) is 13.8 Å². The number of ether oxygens (including phenoxy) is 1. The van der Waals surface area contributed by atoms with Gasteiger partial charge >= 0.3 is 0 Å². The van der Waals surface area contributed by atoms with Crippen LogP contribution in [0.4, 0.5) is 14.7 Å². The number of anilines is 1. The molecule has 1 amide bonds. The fourth-order valence-electron chi connectivity index (χ4n) is 3.99. The quantitative estimate of drug-likeness (QED) is 0.599. The zero-order valence-corrected chi connectivity index (χ0v) is 18.1. The highest BCUT2D eigenvalue weighted by Gasteiger charge is 2.29. The second-order valence-corrected chi connectivity index (χ2v) is 8.18. The average molecular weight is 455 g/mol. The lowest BCUT2D eigenvalue weighted by Crippen LogP contribution is -2.45. The van der Waals surface area contributed by atoms with Gasteiger partial charge in [-0.05, 0) is 31.3 Å². The molecule has 1 saturated heterocycles. The molecule has 172 valence electrons. The second kappa shape index (κ2) is 8.78. The highest BCUT2D eigenvalue weighted by Crippen LogP contribution is 2.32. The van der Waals surface area contributed by atoms with E-state index in [2.05, 4.69) is 21.8 Å². The van der Waals surface area contributed by atoms with Crippen LogP contribution in [-0.2, 0) is 13.0 Å². The van der Waals surface area contributed by atoms with E-state index in [4.69, 9.17) is 14.1 Å². The van der Waals surface area contributed by atoms with Gasteiger partial charge in [0.05, 0.1) is 24.1 Å². The fourth-order valence-corrected chi connectivity index (χ4v) is 3.99. The third-order valence-electron chi connectivity index (χ3n) is 5.92. The molecule has 4 heterocycles. The molecule has 5 rings (SSSR count). The van der Waals surface area contributed by atoms with E-state index in [9.17, 15) is 13.6 Å². The molecule has 1 fully saturated rings. The largest absolute Gasteiger partial charge is 0.459 e. The van der Waals surface area contributed by atoms with E-state index in [0.29, 0.717) is 24.5 Å². The van der Waals surface area contributed by atoms with Crippen molar-refractivity contribution in [3.63, 3.8) is 0 Å². The molecule has 0 saturated carbocycles. The summed E-state index contributed by atoms with van der Waals surface area (Å²) in [4.78, 5) is 28.2. The number of hydrogen-bond acceptors (Lipinski definition) is 7. The van der Waals surface area contributed by atoms with E-state index in [-0.39, 0.29) is 29.8 Å². The van der Waals surface area contributed by atoms with Crippen molar-refractivity contribution in [3.8, 4) is 11.6 Å². The minimum atomic E-state index is -1.01. The Morgan fingerprint density at radius 3 is 2.61 bits per heavy atom. The molecular weight excluding hydrogens is 432 g/mol. The predicted molar refractivity (Wildman–Crippen MR) is 115 cm³/mol. The SMILES string of the molecule is CN1CCN(c2nc3c(c(Oc4ccc(F)c(F)c4)n2)CN(C(=O)c2ccco2)CC3)CC1. The summed E-state index contributed by atoms with van der Waals surface area (Å²) in [5, 5.41) is 0. The number of amides is 1. The zero-order chi connectivity index (χ0) is 22.9. The first-order chi connectivity index (χ1) is 16.0. The molecule has 1 aromatic carbocycles. The number of fused-ring (bicyclic) bond motifs is 1. The molecule has 2 aromatic heterocycles. The van der Waals surface area contributed by atoms with E-state index in [0.717, 1.165) is 44.0 Å². The standard InChI is InChI=1S/C23H23F2N5O3/c1-28-8-10-29(11-9-28)23-26-19-6-7-30(22(31)20-3-2-12-32-20)14-16(19)21(27-23)33-15-4-5-17(24)18(25)13-15/h2-5,12-13H,6-11,14H2,1H3. The number of benzene rings is 1. The lowest BCUT2D eigenvalue weighted by molar-refractivity contribution is 0.0699. The van der Waals surface area contributed by atoms with Crippen LogP contribution in [0.15, 0.2) is 41.0 Å². The van der Waals surface area contributed by atoms with E-state index in [1.165, 1.54) is 12.3 Å². The van der Waals surface area contributed by atoms with Gasteiger partial charge in [-0.3, -0.25) is 4.79 Å². The normalized spacial score (nSPS) is 16.6. The number of rotatable bonds is 4. The van der Waals surface area contributed by atoms with Crippen molar-refractivity contribution in [3.05, 3.63) is 65.2 Å². The van der Waals surface area contributed by atoms with Crippen LogP contribution in [0.2, 0.25) is 0 Å². The Morgan fingerprint density at radius 2 is 1.88 bits per heavy atom. The van der Waals surface area contributed by atoms with Crippen LogP contribution >= 0.6 is 0 Å². The van der Waals surface area contributed by atoms with Crippen LogP contribution in [0.25, 0.3) is 0 Å². The summed E-state index contributed by atoms with van der Waals surface area (Å²) in [5.41, 5.74) is 1.42. The molecule has 0 N–H and O–H groups in total. The second-order valence-electron chi connectivity index (χ2n) is 8.18. The lowest BCUT2D eigenvalue weighted by Gasteiger charge is -2.34. The Hall–Kier alpha value is -3.53. The minimum absolute atomic E-state index is 0.119. The summed E-state index contributed by atoms with van der Waals surface area (Å²) < 4.78 is 38.4. The first-order valence-electron chi connectivity index (χ1n) is 10.8. The Bertz CT molecular complexity index is 1160. The molecule has 8 nitrogen and oxygen atoms in total. The molecule has 0 bridgehead atoms. The summed E-state index contributed by atoms with van der Waals surface area (Å²) in [6.45, 7) is 3.98. The van der Waals surface area contributed by atoms with E-state index in [1.54, 1.807) is 17.0 Å². The van der Waals surface area contributed by atoms with E-state index in [1.807, 2.05) is 0 Å². The average Bonchev–Trinajstić information content (AvgIpc) is 3.36. The van der Waals surface area contributed by atoms with Crippen LogP contribution in [0.3, 0.4) is 0 Å². The molecule has 0 unspecified atom stereocenters. The summed E-state index contributed by atoms with van der Waals surface area (Å²) in [5.74, 6) is -1.08. The molecule has 10 heteroatoms. The van der Waals surface area contributed by atoms with E-state index >= 15 is 0 Å². The number of likely N-dealkylation sites (N-methyl/N-ethyl adjacent to an activating group) is 1. The minimum Gasteiger partial charge on any atom is -0.459 e. The summed E-state index contributed by atoms with van der Waals surface area (Å²) in [6.07, 6.45) is 1.97. The first kappa shape index (κ1) is 21.3. The smallest absolute Gasteiger partial charge is 0.289 e. The first-order valence-corrected chi connectivity index (χ1v) is 10.8. The van der Waals surface area contributed by atoms with Crippen molar-refractivity contribution in [2.75, 3.05) is 44.7 Å². The number of carbonyl (C=O) groups is 1. The monoisotopic (exact) mass is 455 g/mol. The van der Waals surface area contributed by atoms with Crippen molar-refractivity contribution in [1.29, 1.82) is 0 Å². The van der Waals surface area contributed by atoms with E-state index < -0.39 is 11.6 Å². The summed E-state index contributed by atoms with van der Waals surface area (Å²) in [7, 11) is 2.06. The number of aromatic nitrogens is 2. The highest BCUT2D eigenvalue weighted by molar-refractivity contribution is 5.91. The Kier molecular flexibility index (Phi) is 5.67. The number of carbonyl (C=O) groups excluding carboxylic acids is 1. The third kappa shape index (κ3) is 4.38. The Balaban J connectivity index is 1.49. The number of halogens is 2. The van der Waals surface area contributed by atoms with Crippen molar-refractivity contribution in [1.82, 2.24) is 19.8 Å². The van der Waals surface area contributed by atoms with Gasteiger partial charge in [0, 0.05) is 45.2 Å². The van der Waals surface area contributed by atoms with Crippen molar-refractivity contribution < 1.29 is 22.7 Å². The molecule has 0 spiro atoms. The maximum absolute atomic E-state index is 13.8. The van der Waals surface area contributed by atoms with Gasteiger partial charge in [-0.2, -0.15) is 4.98 Å². The Morgan fingerprint density at radius 1 is 1.06 bits per heavy atom. The van der Waals surface area contributed by atoms with Gasteiger partial charge in [-0.15, -0.1) is 0 Å². The maximum atomic E-state index is 13.8. The number of nitrogens with zero attached hydrogens (tertiary/aromatic N) is 5. The molecule has 2 aliphatic heterocycles. The lowest BCUT2D eigenvalue weighted by atomic mass is 10.1. The van der Waals surface area contributed by atoms with Crippen molar-refractivity contribution >= 4 is 11.9 Å². The van der Waals surface area contributed by atoms with Crippen LogP contribution in [0.1, 0.15) is 21.8 Å².